The first-order chi connectivity index (χ1) is 17.1. The molecule has 0 aliphatic carbocycles. The number of carbonyl (C=O) groups excluding carboxylic acids is 2. The van der Waals surface area contributed by atoms with Crippen molar-refractivity contribution >= 4 is 28.8 Å². The Hall–Kier alpha value is -4.26. The van der Waals surface area contributed by atoms with E-state index in [4.69, 9.17) is 4.74 Å². The Morgan fingerprint density at radius 1 is 1.00 bits per heavy atom. The molecule has 0 spiro atoms. The Kier molecular flexibility index (Phi) is 6.75. The molecule has 1 atom stereocenters. The molecule has 0 aromatic heterocycles. The molecule has 1 aliphatic heterocycles. The summed E-state index contributed by atoms with van der Waals surface area (Å²) in [5.74, 6) is -1.58. The van der Waals surface area contributed by atoms with E-state index in [0.29, 0.717) is 23.4 Å². The number of hydrogen-bond acceptors (Lipinski definition) is 6. The Morgan fingerprint density at radius 2 is 1.69 bits per heavy atom. The summed E-state index contributed by atoms with van der Waals surface area (Å²) in [4.78, 5) is 30.2. The molecule has 186 valence electrons. The van der Waals surface area contributed by atoms with Gasteiger partial charge >= 0.3 is 0 Å². The van der Waals surface area contributed by atoms with Gasteiger partial charge in [-0.25, -0.2) is 0 Å². The van der Waals surface area contributed by atoms with Gasteiger partial charge in [0, 0.05) is 31.0 Å². The number of benzene rings is 3. The molecule has 1 saturated heterocycles. The Labute approximate surface area is 210 Å². The number of carbonyl (C=O) groups is 2. The molecule has 1 aliphatic rings. The van der Waals surface area contributed by atoms with Crippen LogP contribution in [-0.2, 0) is 9.59 Å². The number of aliphatic hydroxyl groups is 1. The van der Waals surface area contributed by atoms with Gasteiger partial charge in [0.1, 0.15) is 5.76 Å². The molecular formula is C29H30N2O5. The second kappa shape index (κ2) is 9.77. The van der Waals surface area contributed by atoms with Crippen molar-refractivity contribution in [1.82, 2.24) is 0 Å². The number of aryl methyl sites for hydroxylation is 2. The molecule has 3 aromatic rings. The molecule has 0 bridgehead atoms. The fourth-order valence-electron chi connectivity index (χ4n) is 4.43. The van der Waals surface area contributed by atoms with Crippen LogP contribution in [0.15, 0.2) is 66.2 Å². The van der Waals surface area contributed by atoms with Crippen LogP contribution in [0, 0.1) is 13.8 Å². The third-order valence-corrected chi connectivity index (χ3v) is 6.34. The number of aromatic hydroxyl groups is 1. The number of anilines is 2. The van der Waals surface area contributed by atoms with Crippen molar-refractivity contribution in [1.29, 1.82) is 0 Å². The quantitative estimate of drug-likeness (QED) is 0.286. The van der Waals surface area contributed by atoms with Crippen LogP contribution >= 0.6 is 0 Å². The minimum absolute atomic E-state index is 0.0153. The van der Waals surface area contributed by atoms with E-state index < -0.39 is 17.7 Å². The van der Waals surface area contributed by atoms with Crippen molar-refractivity contribution < 1.29 is 24.5 Å². The number of ketones is 1. The van der Waals surface area contributed by atoms with Crippen LogP contribution in [0.3, 0.4) is 0 Å². The summed E-state index contributed by atoms with van der Waals surface area (Å²) in [7, 11) is 3.83. The lowest BCUT2D eigenvalue weighted by molar-refractivity contribution is -0.132. The highest BCUT2D eigenvalue weighted by molar-refractivity contribution is 6.51. The van der Waals surface area contributed by atoms with Crippen LogP contribution in [0.1, 0.15) is 35.2 Å². The molecule has 1 amide bonds. The molecule has 7 heteroatoms. The molecule has 4 rings (SSSR count). The van der Waals surface area contributed by atoms with E-state index in [1.807, 2.05) is 57.1 Å². The highest BCUT2D eigenvalue weighted by Crippen LogP contribution is 2.44. The minimum atomic E-state index is -0.921. The topological polar surface area (TPSA) is 90.3 Å². The van der Waals surface area contributed by atoms with Crippen molar-refractivity contribution in [2.24, 2.45) is 0 Å². The van der Waals surface area contributed by atoms with E-state index in [-0.39, 0.29) is 22.8 Å². The van der Waals surface area contributed by atoms with E-state index in [2.05, 4.69) is 0 Å². The van der Waals surface area contributed by atoms with Gasteiger partial charge in [-0.2, -0.15) is 0 Å². The third-order valence-electron chi connectivity index (χ3n) is 6.34. The SMILES string of the molecule is CCOc1cc(C2/C(=C(\O)c3cc(C)ccc3C)C(=O)C(=O)N2c2ccc(N(C)C)cc2)ccc1O. The van der Waals surface area contributed by atoms with Crippen molar-refractivity contribution in [2.75, 3.05) is 30.5 Å². The number of hydrogen-bond donors (Lipinski definition) is 2. The summed E-state index contributed by atoms with van der Waals surface area (Å²) in [6, 6.07) is 16.6. The average Bonchev–Trinajstić information content (AvgIpc) is 3.12. The second-order valence-electron chi connectivity index (χ2n) is 9.06. The second-order valence-corrected chi connectivity index (χ2v) is 9.06. The molecule has 1 unspecified atom stereocenters. The van der Waals surface area contributed by atoms with Crippen LogP contribution in [0.25, 0.3) is 5.76 Å². The van der Waals surface area contributed by atoms with Crippen LogP contribution in [-0.4, -0.2) is 42.6 Å². The number of aliphatic hydroxyl groups excluding tert-OH is 1. The molecule has 0 saturated carbocycles. The van der Waals surface area contributed by atoms with E-state index in [0.717, 1.165) is 16.8 Å². The lowest BCUT2D eigenvalue weighted by atomic mass is 9.93. The van der Waals surface area contributed by atoms with E-state index in [1.54, 1.807) is 37.3 Å². The maximum Gasteiger partial charge on any atom is 0.300 e. The summed E-state index contributed by atoms with van der Waals surface area (Å²) >= 11 is 0. The fourth-order valence-corrected chi connectivity index (χ4v) is 4.43. The molecule has 36 heavy (non-hydrogen) atoms. The van der Waals surface area contributed by atoms with Crippen molar-refractivity contribution in [3.05, 3.63) is 88.5 Å². The first-order valence-corrected chi connectivity index (χ1v) is 11.8. The number of ether oxygens (including phenoxy) is 1. The Balaban J connectivity index is 1.96. The zero-order valence-corrected chi connectivity index (χ0v) is 21.1. The van der Waals surface area contributed by atoms with Gasteiger partial charge in [0.05, 0.1) is 18.2 Å². The normalized spacial score (nSPS) is 16.9. The van der Waals surface area contributed by atoms with Gasteiger partial charge < -0.3 is 19.8 Å². The number of phenolic OH excluding ortho intramolecular Hbond substituents is 1. The summed E-state index contributed by atoms with van der Waals surface area (Å²) in [5, 5.41) is 21.7. The largest absolute Gasteiger partial charge is 0.507 e. The predicted molar refractivity (Wildman–Crippen MR) is 141 cm³/mol. The van der Waals surface area contributed by atoms with Gasteiger partial charge in [-0.15, -0.1) is 0 Å². The van der Waals surface area contributed by atoms with Crippen molar-refractivity contribution in [3.63, 3.8) is 0 Å². The van der Waals surface area contributed by atoms with Gasteiger partial charge in [0.25, 0.3) is 11.7 Å². The smallest absolute Gasteiger partial charge is 0.300 e. The van der Waals surface area contributed by atoms with E-state index in [9.17, 15) is 19.8 Å². The summed E-state index contributed by atoms with van der Waals surface area (Å²) in [5.41, 5.74) is 4.14. The van der Waals surface area contributed by atoms with Crippen molar-refractivity contribution in [3.8, 4) is 11.5 Å². The molecule has 0 radical (unpaired) electrons. The first-order valence-electron chi connectivity index (χ1n) is 11.8. The molecule has 1 heterocycles. The highest BCUT2D eigenvalue weighted by Gasteiger charge is 2.47. The highest BCUT2D eigenvalue weighted by atomic mass is 16.5. The van der Waals surface area contributed by atoms with Gasteiger partial charge in [-0.1, -0.05) is 23.8 Å². The Bertz CT molecular complexity index is 1360. The van der Waals surface area contributed by atoms with Crippen LogP contribution in [0.4, 0.5) is 11.4 Å². The predicted octanol–water partition coefficient (Wildman–Crippen LogP) is 5.10. The van der Waals surface area contributed by atoms with Gasteiger partial charge in [0.2, 0.25) is 0 Å². The number of Topliss-reactive ketones (excluding diaryl/α,β-unsaturated/α-hetero) is 1. The molecular weight excluding hydrogens is 456 g/mol. The van der Waals surface area contributed by atoms with Gasteiger partial charge in [0.15, 0.2) is 11.5 Å². The number of rotatable bonds is 6. The average molecular weight is 487 g/mol. The van der Waals surface area contributed by atoms with Crippen LogP contribution in [0.5, 0.6) is 11.5 Å². The lowest BCUT2D eigenvalue weighted by Crippen LogP contribution is -2.29. The molecule has 2 N–H and O–H groups in total. The fraction of sp³-hybridized carbons (Fsp3) is 0.241. The monoisotopic (exact) mass is 486 g/mol. The number of amides is 1. The summed E-state index contributed by atoms with van der Waals surface area (Å²) in [6.07, 6.45) is 0. The standard InChI is InChI=1S/C29H30N2O5/c1-6-36-24-16-19(9-14-23(24)32)26-25(27(33)22-15-17(2)7-8-18(22)3)28(34)29(35)31(26)21-12-10-20(11-13-21)30(4)5/h7-16,26,32-33H,6H2,1-5H3/b27-25+. The van der Waals surface area contributed by atoms with Gasteiger partial charge in [-0.05, 0) is 74.4 Å². The third kappa shape index (κ3) is 4.40. The molecule has 7 nitrogen and oxygen atoms in total. The van der Waals surface area contributed by atoms with Crippen LogP contribution < -0.4 is 14.5 Å². The number of phenols is 1. The van der Waals surface area contributed by atoms with Gasteiger partial charge in [-0.3, -0.25) is 14.5 Å². The molecule has 3 aromatic carbocycles. The van der Waals surface area contributed by atoms with Crippen molar-refractivity contribution in [2.45, 2.75) is 26.8 Å². The van der Waals surface area contributed by atoms with Crippen LogP contribution in [0.2, 0.25) is 0 Å². The zero-order chi connectivity index (χ0) is 26.1. The zero-order valence-electron chi connectivity index (χ0n) is 21.1. The first kappa shape index (κ1) is 24.9. The maximum atomic E-state index is 13.4. The maximum absolute atomic E-state index is 13.4. The lowest BCUT2D eigenvalue weighted by Gasteiger charge is -2.26. The summed E-state index contributed by atoms with van der Waals surface area (Å²) in [6.45, 7) is 5.86. The van der Waals surface area contributed by atoms with E-state index in [1.165, 1.54) is 11.0 Å². The molecule has 1 fully saturated rings. The summed E-state index contributed by atoms with van der Waals surface area (Å²) < 4.78 is 5.57. The van der Waals surface area contributed by atoms with E-state index >= 15 is 0 Å². The Morgan fingerprint density at radius 3 is 2.33 bits per heavy atom. The number of nitrogens with zero attached hydrogens (tertiary/aromatic N) is 2. The minimum Gasteiger partial charge on any atom is -0.507 e.